The Kier molecular flexibility index (Phi) is 4.91. The first-order chi connectivity index (χ1) is 12.8. The zero-order chi connectivity index (χ0) is 19.7. The highest BCUT2D eigenvalue weighted by Gasteiger charge is 2.18. The highest BCUT2D eigenvalue weighted by molar-refractivity contribution is 7.16. The van der Waals surface area contributed by atoms with Gasteiger partial charge >= 0.3 is 17.8 Å². The summed E-state index contributed by atoms with van der Waals surface area (Å²) < 4.78 is 12.1. The Morgan fingerprint density at radius 1 is 1.33 bits per heavy atom. The molecule has 0 aliphatic heterocycles. The van der Waals surface area contributed by atoms with E-state index in [0.29, 0.717) is 0 Å². The molecule has 0 saturated heterocycles. The molecule has 3 rings (SSSR count). The van der Waals surface area contributed by atoms with Crippen LogP contribution in [0.3, 0.4) is 0 Å². The predicted octanol–water partition coefficient (Wildman–Crippen LogP) is 2.73. The van der Waals surface area contributed by atoms with E-state index in [9.17, 15) is 19.7 Å². The minimum Gasteiger partial charge on any atom is -0.468 e. The molecule has 2 heterocycles. The second-order valence-corrected chi connectivity index (χ2v) is 6.77. The Bertz CT molecular complexity index is 1140. The third kappa shape index (κ3) is 3.65. The van der Waals surface area contributed by atoms with Crippen molar-refractivity contribution in [2.75, 3.05) is 7.11 Å². The number of carbonyl (C=O) groups excluding carboxylic acids is 2. The van der Waals surface area contributed by atoms with Crippen molar-refractivity contribution in [2.24, 2.45) is 4.99 Å². The van der Waals surface area contributed by atoms with Crippen molar-refractivity contribution in [3.8, 4) is 0 Å². The number of ether oxygens (including phenoxy) is 1. The molecular formula is C17H15N3O6S. The molecule has 1 amide bonds. The van der Waals surface area contributed by atoms with Gasteiger partial charge in [-0.05, 0) is 37.1 Å². The first-order valence-corrected chi connectivity index (χ1v) is 8.62. The number of nitro groups is 1. The van der Waals surface area contributed by atoms with Crippen molar-refractivity contribution in [3.05, 3.63) is 56.1 Å². The summed E-state index contributed by atoms with van der Waals surface area (Å²) >= 11 is 1.24. The van der Waals surface area contributed by atoms with E-state index in [2.05, 4.69) is 4.99 Å². The van der Waals surface area contributed by atoms with Gasteiger partial charge in [-0.25, -0.2) is 0 Å². The molecule has 140 valence electrons. The van der Waals surface area contributed by atoms with Crippen LogP contribution in [0.2, 0.25) is 0 Å². The molecule has 0 N–H and O–H groups in total. The van der Waals surface area contributed by atoms with Crippen LogP contribution in [0.25, 0.3) is 10.2 Å². The lowest BCUT2D eigenvalue weighted by Crippen LogP contribution is -2.22. The van der Waals surface area contributed by atoms with Crippen LogP contribution in [0.15, 0.2) is 33.7 Å². The topological polar surface area (TPSA) is 117 Å². The Hall–Kier alpha value is -3.27. The monoisotopic (exact) mass is 389 g/mol. The van der Waals surface area contributed by atoms with E-state index < -0.39 is 22.7 Å². The first-order valence-electron chi connectivity index (χ1n) is 7.81. The van der Waals surface area contributed by atoms with Crippen LogP contribution in [-0.2, 0) is 16.1 Å². The number of furan rings is 1. The number of nitrogens with zero attached hydrogens (tertiary/aromatic N) is 3. The van der Waals surface area contributed by atoms with Crippen molar-refractivity contribution in [2.45, 2.75) is 20.4 Å². The molecule has 1 aromatic carbocycles. The summed E-state index contributed by atoms with van der Waals surface area (Å²) in [6, 6.07) is 6.16. The lowest BCUT2D eigenvalue weighted by molar-refractivity contribution is -0.402. The van der Waals surface area contributed by atoms with Crippen LogP contribution in [0, 0.1) is 24.0 Å². The molecule has 0 fully saturated rings. The Morgan fingerprint density at radius 2 is 2.07 bits per heavy atom. The van der Waals surface area contributed by atoms with Crippen molar-refractivity contribution < 1.29 is 23.7 Å². The fourth-order valence-corrected chi connectivity index (χ4v) is 3.70. The third-order valence-electron chi connectivity index (χ3n) is 3.81. The van der Waals surface area contributed by atoms with E-state index in [1.807, 2.05) is 26.0 Å². The number of hydrogen-bond donors (Lipinski definition) is 0. The molecule has 0 bridgehead atoms. The number of fused-ring (bicyclic) bond motifs is 1. The second kappa shape index (κ2) is 7.16. The summed E-state index contributed by atoms with van der Waals surface area (Å²) in [7, 11) is 1.28. The highest BCUT2D eigenvalue weighted by atomic mass is 32.1. The summed E-state index contributed by atoms with van der Waals surface area (Å²) in [5.74, 6) is -2.06. The lowest BCUT2D eigenvalue weighted by atomic mass is 10.1. The average Bonchev–Trinajstić information content (AvgIpc) is 3.22. The van der Waals surface area contributed by atoms with E-state index in [-0.39, 0.29) is 17.1 Å². The fourth-order valence-electron chi connectivity index (χ4n) is 2.63. The van der Waals surface area contributed by atoms with Gasteiger partial charge in [0, 0.05) is 0 Å². The smallest absolute Gasteiger partial charge is 0.433 e. The molecule has 9 nitrogen and oxygen atoms in total. The van der Waals surface area contributed by atoms with E-state index in [4.69, 9.17) is 9.15 Å². The summed E-state index contributed by atoms with van der Waals surface area (Å²) in [6.07, 6.45) is 0. The van der Waals surface area contributed by atoms with Gasteiger partial charge in [0.2, 0.25) is 5.76 Å². The van der Waals surface area contributed by atoms with E-state index in [0.717, 1.165) is 27.4 Å². The fraction of sp³-hybridized carbons (Fsp3) is 0.235. The molecule has 0 spiro atoms. The third-order valence-corrected chi connectivity index (χ3v) is 5.04. The SMILES string of the molecule is COC(=O)Cn1c(=NC(=O)c2ccc([N+](=O)[O-])o2)sc2c(C)cc(C)cc21. The molecule has 10 heteroatoms. The number of aromatic nitrogens is 1. The zero-order valence-electron chi connectivity index (χ0n) is 14.7. The van der Waals surface area contributed by atoms with Gasteiger partial charge < -0.3 is 13.7 Å². The Labute approximate surface area is 156 Å². The summed E-state index contributed by atoms with van der Waals surface area (Å²) in [6.45, 7) is 3.73. The number of esters is 1. The van der Waals surface area contributed by atoms with Gasteiger partial charge in [-0.15, -0.1) is 0 Å². The van der Waals surface area contributed by atoms with Crippen LogP contribution in [0.5, 0.6) is 0 Å². The maximum absolute atomic E-state index is 12.4. The van der Waals surface area contributed by atoms with Crippen LogP contribution < -0.4 is 4.80 Å². The summed E-state index contributed by atoms with van der Waals surface area (Å²) in [5, 5.41) is 10.7. The quantitative estimate of drug-likeness (QED) is 0.385. The van der Waals surface area contributed by atoms with Crippen LogP contribution in [-0.4, -0.2) is 28.5 Å². The largest absolute Gasteiger partial charge is 0.468 e. The number of carbonyl (C=O) groups is 2. The van der Waals surface area contributed by atoms with Gasteiger partial charge in [0.1, 0.15) is 11.5 Å². The number of thiazole rings is 1. The van der Waals surface area contributed by atoms with Gasteiger partial charge in [0.25, 0.3) is 0 Å². The van der Waals surface area contributed by atoms with Gasteiger partial charge in [-0.3, -0.25) is 19.7 Å². The van der Waals surface area contributed by atoms with Crippen molar-refractivity contribution in [1.29, 1.82) is 0 Å². The van der Waals surface area contributed by atoms with Gasteiger partial charge in [0.15, 0.2) is 4.80 Å². The highest BCUT2D eigenvalue weighted by Crippen LogP contribution is 2.24. The number of benzene rings is 1. The number of aryl methyl sites for hydroxylation is 2. The van der Waals surface area contributed by atoms with Crippen molar-refractivity contribution >= 4 is 39.3 Å². The average molecular weight is 389 g/mol. The standard InChI is InChI=1S/C17H15N3O6S/c1-9-6-10(2)15-11(7-9)19(8-14(21)25-3)17(27-15)18-16(22)12-4-5-13(26-12)20(23)24/h4-7H,8H2,1-3H3. The molecule has 2 aromatic heterocycles. The Morgan fingerprint density at radius 3 is 2.70 bits per heavy atom. The molecular weight excluding hydrogens is 374 g/mol. The van der Waals surface area contributed by atoms with Crippen LogP contribution in [0.4, 0.5) is 5.88 Å². The molecule has 0 unspecified atom stereocenters. The molecule has 0 aliphatic carbocycles. The molecule has 0 aliphatic rings. The minimum absolute atomic E-state index is 0.121. The van der Waals surface area contributed by atoms with Crippen molar-refractivity contribution in [1.82, 2.24) is 4.57 Å². The van der Waals surface area contributed by atoms with E-state index >= 15 is 0 Å². The van der Waals surface area contributed by atoms with Crippen LogP contribution >= 0.6 is 11.3 Å². The van der Waals surface area contributed by atoms with E-state index in [1.165, 1.54) is 24.5 Å². The zero-order valence-corrected chi connectivity index (χ0v) is 15.5. The normalized spacial score (nSPS) is 11.7. The number of methoxy groups -OCH3 is 1. The second-order valence-electron chi connectivity index (χ2n) is 5.79. The predicted molar refractivity (Wildman–Crippen MR) is 96.6 cm³/mol. The maximum Gasteiger partial charge on any atom is 0.433 e. The van der Waals surface area contributed by atoms with Crippen molar-refractivity contribution in [3.63, 3.8) is 0 Å². The number of rotatable bonds is 4. The van der Waals surface area contributed by atoms with Gasteiger partial charge in [-0.2, -0.15) is 4.99 Å². The molecule has 0 atom stereocenters. The number of amides is 1. The minimum atomic E-state index is -0.775. The maximum atomic E-state index is 12.4. The van der Waals surface area contributed by atoms with Gasteiger partial charge in [0.05, 0.1) is 23.4 Å². The molecule has 3 aromatic rings. The molecule has 0 radical (unpaired) electrons. The van der Waals surface area contributed by atoms with E-state index in [1.54, 1.807) is 4.57 Å². The number of hydrogen-bond acceptors (Lipinski definition) is 7. The molecule has 27 heavy (non-hydrogen) atoms. The molecule has 0 saturated carbocycles. The summed E-state index contributed by atoms with van der Waals surface area (Å²) in [5.41, 5.74) is 2.73. The first kappa shape index (κ1) is 18.5. The van der Waals surface area contributed by atoms with Gasteiger partial charge in [-0.1, -0.05) is 17.4 Å². The van der Waals surface area contributed by atoms with Crippen LogP contribution in [0.1, 0.15) is 21.7 Å². The lowest BCUT2D eigenvalue weighted by Gasteiger charge is -2.05. The summed E-state index contributed by atoms with van der Waals surface area (Å²) in [4.78, 5) is 38.5. The Balaban J connectivity index is 2.16.